The largest absolute Gasteiger partial charge is 0.481 e. The van der Waals surface area contributed by atoms with Crippen LogP contribution in [-0.2, 0) is 4.79 Å². The molecular weight excluding hydrogens is 142 g/mol. The third-order valence-electron chi connectivity index (χ3n) is 1.80. The number of nitrogens with two attached hydrogens (primary N) is 1. The fourth-order valence-corrected chi connectivity index (χ4v) is 0.955. The summed E-state index contributed by atoms with van der Waals surface area (Å²) in [6.45, 7) is 5.79. The molecule has 0 saturated heterocycles. The molecule has 2 atom stereocenters. The Bertz CT molecular complexity index is 145. The van der Waals surface area contributed by atoms with Crippen LogP contribution < -0.4 is 5.73 Å². The Labute approximate surface area is 66.9 Å². The van der Waals surface area contributed by atoms with Gasteiger partial charge in [-0.15, -0.1) is 6.58 Å². The van der Waals surface area contributed by atoms with Gasteiger partial charge >= 0.3 is 5.97 Å². The third kappa shape index (κ3) is 3.18. The molecule has 0 aliphatic heterocycles. The van der Waals surface area contributed by atoms with E-state index in [-0.39, 0.29) is 11.8 Å². The Balaban J connectivity index is 4.08. The first kappa shape index (κ1) is 10.2. The molecule has 2 unspecified atom stereocenters. The highest BCUT2D eigenvalue weighted by molar-refractivity contribution is 5.70. The lowest BCUT2D eigenvalue weighted by Gasteiger charge is -2.14. The Hall–Kier alpha value is -0.830. The first-order valence-electron chi connectivity index (χ1n) is 3.69. The first-order chi connectivity index (χ1) is 5.13. The Morgan fingerprint density at radius 1 is 1.82 bits per heavy atom. The van der Waals surface area contributed by atoms with E-state index in [1.807, 2.05) is 6.92 Å². The van der Waals surface area contributed by atoms with Crippen molar-refractivity contribution in [1.82, 2.24) is 0 Å². The number of rotatable bonds is 5. The molecule has 0 radical (unpaired) electrons. The lowest BCUT2D eigenvalue weighted by molar-refractivity contribution is -0.143. The summed E-state index contributed by atoms with van der Waals surface area (Å²) in [5, 5.41) is 8.70. The zero-order valence-electron chi connectivity index (χ0n) is 6.79. The summed E-state index contributed by atoms with van der Waals surface area (Å²) in [5.41, 5.74) is 5.26. The van der Waals surface area contributed by atoms with E-state index < -0.39 is 5.97 Å². The van der Waals surface area contributed by atoms with Crippen molar-refractivity contribution in [3.63, 3.8) is 0 Å². The standard InChI is InChI=1S/C8H15NO2/c1-3-6(2)7(4-5-9)8(10)11/h3,6-7H,1,4-5,9H2,2H3,(H,10,11). The van der Waals surface area contributed by atoms with Gasteiger partial charge in [-0.2, -0.15) is 0 Å². The van der Waals surface area contributed by atoms with Gasteiger partial charge in [0.2, 0.25) is 0 Å². The fraction of sp³-hybridized carbons (Fsp3) is 0.625. The van der Waals surface area contributed by atoms with Crippen molar-refractivity contribution in [2.45, 2.75) is 13.3 Å². The molecule has 3 heteroatoms. The highest BCUT2D eigenvalue weighted by Gasteiger charge is 2.20. The van der Waals surface area contributed by atoms with E-state index in [1.165, 1.54) is 0 Å². The van der Waals surface area contributed by atoms with Crippen LogP contribution in [0.2, 0.25) is 0 Å². The van der Waals surface area contributed by atoms with Crippen LogP contribution in [-0.4, -0.2) is 17.6 Å². The van der Waals surface area contributed by atoms with Gasteiger partial charge in [0.05, 0.1) is 5.92 Å². The number of carboxylic acids is 1. The molecule has 0 fully saturated rings. The molecule has 0 heterocycles. The summed E-state index contributed by atoms with van der Waals surface area (Å²) in [7, 11) is 0. The van der Waals surface area contributed by atoms with Gasteiger partial charge in [0.25, 0.3) is 0 Å². The van der Waals surface area contributed by atoms with Gasteiger partial charge in [0, 0.05) is 0 Å². The topological polar surface area (TPSA) is 63.3 Å². The predicted molar refractivity (Wildman–Crippen MR) is 44.2 cm³/mol. The van der Waals surface area contributed by atoms with Gasteiger partial charge in [-0.3, -0.25) is 4.79 Å². The van der Waals surface area contributed by atoms with Crippen molar-refractivity contribution >= 4 is 5.97 Å². The smallest absolute Gasteiger partial charge is 0.307 e. The molecule has 0 aromatic rings. The van der Waals surface area contributed by atoms with Gasteiger partial charge in [-0.05, 0) is 18.9 Å². The molecule has 64 valence electrons. The second kappa shape index (κ2) is 4.91. The molecule has 0 aliphatic rings. The van der Waals surface area contributed by atoms with E-state index in [9.17, 15) is 4.79 Å². The van der Waals surface area contributed by atoms with Crippen LogP contribution in [0, 0.1) is 11.8 Å². The Morgan fingerprint density at radius 2 is 2.36 bits per heavy atom. The third-order valence-corrected chi connectivity index (χ3v) is 1.80. The summed E-state index contributed by atoms with van der Waals surface area (Å²) in [6.07, 6.45) is 2.16. The van der Waals surface area contributed by atoms with Crippen LogP contribution >= 0.6 is 0 Å². The maximum atomic E-state index is 10.6. The quantitative estimate of drug-likeness (QED) is 0.582. The van der Waals surface area contributed by atoms with Crippen molar-refractivity contribution < 1.29 is 9.90 Å². The van der Waals surface area contributed by atoms with Crippen molar-refractivity contribution in [2.24, 2.45) is 17.6 Å². The van der Waals surface area contributed by atoms with E-state index in [0.717, 1.165) is 0 Å². The average molecular weight is 157 g/mol. The van der Waals surface area contributed by atoms with Gasteiger partial charge < -0.3 is 10.8 Å². The summed E-state index contributed by atoms with van der Waals surface area (Å²) in [4.78, 5) is 10.6. The average Bonchev–Trinajstić information content (AvgIpc) is 1.98. The van der Waals surface area contributed by atoms with Crippen LogP contribution in [0.5, 0.6) is 0 Å². The van der Waals surface area contributed by atoms with E-state index in [1.54, 1.807) is 6.08 Å². The molecule has 3 nitrogen and oxygen atoms in total. The van der Waals surface area contributed by atoms with Crippen molar-refractivity contribution in [3.05, 3.63) is 12.7 Å². The molecule has 0 aliphatic carbocycles. The lowest BCUT2D eigenvalue weighted by Crippen LogP contribution is -2.23. The molecule has 0 saturated carbocycles. The SMILES string of the molecule is C=CC(C)C(CCN)C(=O)O. The summed E-state index contributed by atoms with van der Waals surface area (Å²) >= 11 is 0. The second-order valence-corrected chi connectivity index (χ2v) is 2.62. The number of hydrogen-bond acceptors (Lipinski definition) is 2. The maximum Gasteiger partial charge on any atom is 0.307 e. The Morgan fingerprint density at radius 3 is 2.64 bits per heavy atom. The Kier molecular flexibility index (Phi) is 4.54. The highest BCUT2D eigenvalue weighted by Crippen LogP contribution is 2.15. The molecular formula is C8H15NO2. The minimum Gasteiger partial charge on any atom is -0.481 e. The van der Waals surface area contributed by atoms with Crippen molar-refractivity contribution in [2.75, 3.05) is 6.54 Å². The maximum absolute atomic E-state index is 10.6. The molecule has 0 aromatic heterocycles. The molecule has 11 heavy (non-hydrogen) atoms. The lowest BCUT2D eigenvalue weighted by atomic mass is 9.91. The van der Waals surface area contributed by atoms with E-state index >= 15 is 0 Å². The minimum absolute atomic E-state index is 0.00366. The first-order valence-corrected chi connectivity index (χ1v) is 3.69. The van der Waals surface area contributed by atoms with Gasteiger partial charge in [-0.1, -0.05) is 13.0 Å². The minimum atomic E-state index is -0.789. The number of aliphatic carboxylic acids is 1. The zero-order chi connectivity index (χ0) is 8.85. The zero-order valence-corrected chi connectivity index (χ0v) is 6.79. The van der Waals surface area contributed by atoms with E-state index in [2.05, 4.69) is 6.58 Å². The molecule has 0 amide bonds. The van der Waals surface area contributed by atoms with Crippen LogP contribution in [0.1, 0.15) is 13.3 Å². The molecule has 3 N–H and O–H groups in total. The van der Waals surface area contributed by atoms with Crippen molar-refractivity contribution in [1.29, 1.82) is 0 Å². The van der Waals surface area contributed by atoms with Gasteiger partial charge in [0.15, 0.2) is 0 Å². The fourth-order valence-electron chi connectivity index (χ4n) is 0.955. The molecule has 0 spiro atoms. The monoisotopic (exact) mass is 157 g/mol. The summed E-state index contributed by atoms with van der Waals surface area (Å²) in [5.74, 6) is -1.17. The van der Waals surface area contributed by atoms with Crippen LogP contribution in [0.4, 0.5) is 0 Å². The van der Waals surface area contributed by atoms with Crippen LogP contribution in [0.3, 0.4) is 0 Å². The normalized spacial score (nSPS) is 15.5. The molecule has 0 rings (SSSR count). The van der Waals surface area contributed by atoms with E-state index in [0.29, 0.717) is 13.0 Å². The molecule has 0 bridgehead atoms. The number of allylic oxidation sites excluding steroid dienone is 1. The number of carboxylic acid groups (broad SMARTS) is 1. The summed E-state index contributed by atoms with van der Waals surface area (Å²) in [6, 6.07) is 0. The second-order valence-electron chi connectivity index (χ2n) is 2.62. The number of carbonyl (C=O) groups is 1. The van der Waals surface area contributed by atoms with E-state index in [4.69, 9.17) is 10.8 Å². The molecule has 0 aromatic carbocycles. The van der Waals surface area contributed by atoms with Gasteiger partial charge in [-0.25, -0.2) is 0 Å². The number of hydrogen-bond donors (Lipinski definition) is 2. The van der Waals surface area contributed by atoms with Gasteiger partial charge in [0.1, 0.15) is 0 Å². The highest BCUT2D eigenvalue weighted by atomic mass is 16.4. The van der Waals surface area contributed by atoms with Crippen LogP contribution in [0.25, 0.3) is 0 Å². The van der Waals surface area contributed by atoms with Crippen LogP contribution in [0.15, 0.2) is 12.7 Å². The van der Waals surface area contributed by atoms with Crippen molar-refractivity contribution in [3.8, 4) is 0 Å². The predicted octanol–water partition coefficient (Wildman–Crippen LogP) is 0.858. The summed E-state index contributed by atoms with van der Waals surface area (Å²) < 4.78 is 0.